The number of carbonyl (C=O) groups is 1. The van der Waals surface area contributed by atoms with Crippen LogP contribution in [0.5, 0.6) is 0 Å². The lowest BCUT2D eigenvalue weighted by Gasteiger charge is -2.21. The second-order valence-corrected chi connectivity index (χ2v) is 3.47. The van der Waals surface area contributed by atoms with Gasteiger partial charge in [0.15, 0.2) is 6.23 Å². The van der Waals surface area contributed by atoms with Crippen molar-refractivity contribution in [3.05, 3.63) is 10.1 Å². The number of hydrogen-bond acceptors (Lipinski definition) is 5. The Hall–Kier alpha value is -1.12. The molecule has 0 aromatic heterocycles. The van der Waals surface area contributed by atoms with Gasteiger partial charge >= 0.3 is 0 Å². The lowest BCUT2D eigenvalue weighted by molar-refractivity contribution is -0.126. The fourth-order valence-electron chi connectivity index (χ4n) is 1.08. The molecule has 1 heterocycles. The maximum Gasteiger partial charge on any atom is 0.259 e. The number of nitrogens with two attached hydrogens (primary N) is 2. The van der Waals surface area contributed by atoms with E-state index in [9.17, 15) is 9.90 Å². The Morgan fingerprint density at radius 3 is 2.64 bits per heavy atom. The van der Waals surface area contributed by atoms with E-state index in [4.69, 9.17) is 11.7 Å². The highest BCUT2D eigenvalue weighted by Crippen LogP contribution is 2.28. The van der Waals surface area contributed by atoms with Gasteiger partial charge < -0.3 is 10.9 Å². The topological polar surface area (TPSA) is 117 Å². The molecule has 0 aliphatic carbocycles. The molecule has 1 amide bonds. The zero-order valence-corrected chi connectivity index (χ0v) is 8.95. The second-order valence-electron chi connectivity index (χ2n) is 2.62. The minimum atomic E-state index is -1.14. The van der Waals surface area contributed by atoms with E-state index in [1.54, 1.807) is 6.92 Å². The number of amides is 1. The first-order chi connectivity index (χ1) is 6.54. The minimum absolute atomic E-state index is 0.101. The first kappa shape index (κ1) is 11.0. The first-order valence-electron chi connectivity index (χ1n) is 3.67. The van der Waals surface area contributed by atoms with Gasteiger partial charge in [0, 0.05) is 5.57 Å². The smallest absolute Gasteiger partial charge is 0.259 e. The number of nitrogens with zero attached hydrogens (tertiary/aromatic N) is 2. The summed E-state index contributed by atoms with van der Waals surface area (Å²) in [4.78, 5) is 12.5. The molecular weight excluding hydrogens is 254 g/mol. The summed E-state index contributed by atoms with van der Waals surface area (Å²) >= 11 is 3.08. The fraction of sp³-hybridized carbons (Fsp3) is 0.333. The average molecular weight is 264 g/mol. The highest BCUT2D eigenvalue weighted by molar-refractivity contribution is 9.11. The normalized spacial score (nSPS) is 23.4. The highest BCUT2D eigenvalue weighted by Gasteiger charge is 2.37. The van der Waals surface area contributed by atoms with E-state index >= 15 is 0 Å². The van der Waals surface area contributed by atoms with Crippen molar-refractivity contribution in [3.63, 3.8) is 0 Å². The van der Waals surface area contributed by atoms with Crippen LogP contribution in [0.25, 0.3) is 0 Å². The van der Waals surface area contributed by atoms with Crippen molar-refractivity contribution in [2.45, 2.75) is 13.2 Å². The molecule has 6 N–H and O–H groups in total. The van der Waals surface area contributed by atoms with E-state index < -0.39 is 12.1 Å². The van der Waals surface area contributed by atoms with Crippen molar-refractivity contribution < 1.29 is 9.90 Å². The Morgan fingerprint density at radius 1 is 1.79 bits per heavy atom. The molecule has 7 nitrogen and oxygen atoms in total. The molecule has 1 aliphatic rings. The van der Waals surface area contributed by atoms with E-state index in [-0.39, 0.29) is 5.96 Å². The number of hydrazone groups is 1. The molecular formula is C6H10BrN5O2. The van der Waals surface area contributed by atoms with Crippen molar-refractivity contribution in [1.82, 2.24) is 10.3 Å². The Balaban J connectivity index is 3.03. The number of halogens is 1. The quantitative estimate of drug-likeness (QED) is 0.184. The lowest BCUT2D eigenvalue weighted by atomic mass is 10.3. The number of carbonyl (C=O) groups excluding carboxylic acids is 1. The van der Waals surface area contributed by atoms with Crippen molar-refractivity contribution in [2.75, 3.05) is 0 Å². The molecule has 0 radical (unpaired) electrons. The summed E-state index contributed by atoms with van der Waals surface area (Å²) in [6.07, 6.45) is -1.14. The molecule has 1 aliphatic heterocycles. The van der Waals surface area contributed by atoms with Crippen LogP contribution in [0.15, 0.2) is 15.2 Å². The summed E-state index contributed by atoms with van der Waals surface area (Å²) < 4.78 is 0.374. The van der Waals surface area contributed by atoms with E-state index in [0.29, 0.717) is 10.1 Å². The van der Waals surface area contributed by atoms with E-state index in [0.717, 1.165) is 4.90 Å². The maximum absolute atomic E-state index is 11.5. The zero-order chi connectivity index (χ0) is 10.9. The van der Waals surface area contributed by atoms with Crippen LogP contribution in [-0.2, 0) is 4.79 Å². The minimum Gasteiger partial charge on any atom is -0.368 e. The van der Waals surface area contributed by atoms with E-state index in [1.165, 1.54) is 0 Å². The van der Waals surface area contributed by atoms with Crippen molar-refractivity contribution in [2.24, 2.45) is 16.8 Å². The molecule has 0 fully saturated rings. The summed E-state index contributed by atoms with van der Waals surface area (Å²) in [6, 6.07) is 0. The maximum atomic E-state index is 11.5. The number of hydrogen-bond donors (Lipinski definition) is 4. The molecule has 1 atom stereocenters. The van der Waals surface area contributed by atoms with Gasteiger partial charge in [-0.15, -0.1) is 5.10 Å². The van der Waals surface area contributed by atoms with Crippen molar-refractivity contribution in [1.29, 1.82) is 0 Å². The molecule has 0 bridgehead atoms. The molecule has 0 spiro atoms. The van der Waals surface area contributed by atoms with Crippen LogP contribution >= 0.6 is 15.9 Å². The number of nitrogens with one attached hydrogen (secondary N) is 1. The SMILES string of the molecule is CC1=C(Br)C(O)N(/C(=N/N)NN)C1=O. The van der Waals surface area contributed by atoms with Gasteiger partial charge in [0.1, 0.15) is 0 Å². The molecule has 0 aromatic carbocycles. The fourth-order valence-corrected chi connectivity index (χ4v) is 1.46. The Labute approximate surface area is 88.5 Å². The van der Waals surface area contributed by atoms with Gasteiger partial charge in [0.05, 0.1) is 4.48 Å². The van der Waals surface area contributed by atoms with Gasteiger partial charge in [-0.2, -0.15) is 0 Å². The van der Waals surface area contributed by atoms with Gasteiger partial charge in [0.25, 0.3) is 5.91 Å². The molecule has 1 rings (SSSR count). The van der Waals surface area contributed by atoms with Gasteiger partial charge in [-0.3, -0.25) is 10.2 Å². The number of aliphatic hydroxyl groups excluding tert-OH is 1. The summed E-state index contributed by atoms with van der Waals surface area (Å²) in [6.45, 7) is 1.57. The highest BCUT2D eigenvalue weighted by atomic mass is 79.9. The molecule has 0 saturated carbocycles. The number of hydrazine groups is 1. The molecule has 78 valence electrons. The molecule has 14 heavy (non-hydrogen) atoms. The van der Waals surface area contributed by atoms with Gasteiger partial charge in [-0.05, 0) is 6.92 Å². The van der Waals surface area contributed by atoms with Gasteiger partial charge in [-0.25, -0.2) is 10.7 Å². The van der Waals surface area contributed by atoms with Gasteiger partial charge in [-0.1, -0.05) is 15.9 Å². The van der Waals surface area contributed by atoms with E-state index in [1.807, 2.05) is 0 Å². The Morgan fingerprint density at radius 2 is 2.36 bits per heavy atom. The number of rotatable bonds is 0. The zero-order valence-electron chi connectivity index (χ0n) is 7.36. The third kappa shape index (κ3) is 1.47. The van der Waals surface area contributed by atoms with Crippen molar-refractivity contribution in [3.8, 4) is 0 Å². The average Bonchev–Trinajstić information content (AvgIpc) is 2.37. The number of aliphatic hydroxyl groups is 1. The van der Waals surface area contributed by atoms with Crippen molar-refractivity contribution >= 4 is 27.8 Å². The van der Waals surface area contributed by atoms with Crippen LogP contribution in [0.2, 0.25) is 0 Å². The summed E-state index contributed by atoms with van der Waals surface area (Å²) in [5.41, 5.74) is 2.50. The van der Waals surface area contributed by atoms with Crippen LogP contribution in [-0.4, -0.2) is 28.1 Å². The molecule has 0 aromatic rings. The predicted octanol–water partition coefficient (Wildman–Crippen LogP) is -1.49. The number of guanidine groups is 1. The lowest BCUT2D eigenvalue weighted by Crippen LogP contribution is -2.50. The van der Waals surface area contributed by atoms with Crippen LogP contribution in [0.3, 0.4) is 0 Å². The molecule has 1 unspecified atom stereocenters. The summed E-state index contributed by atoms with van der Waals surface area (Å²) in [5, 5.41) is 12.8. The summed E-state index contributed by atoms with van der Waals surface area (Å²) in [7, 11) is 0. The molecule has 0 saturated heterocycles. The van der Waals surface area contributed by atoms with Gasteiger partial charge in [0.2, 0.25) is 5.96 Å². The first-order valence-corrected chi connectivity index (χ1v) is 4.46. The third-order valence-electron chi connectivity index (χ3n) is 1.85. The molecule has 8 heteroatoms. The Bertz CT molecular complexity index is 326. The monoisotopic (exact) mass is 263 g/mol. The standard InChI is InChI=1S/C6H10BrN5O2/c1-2-3(7)5(14)12(4(2)13)6(10-8)11-9/h5,14H,8-9H2,1H3,(H,10,11). The van der Waals surface area contributed by atoms with Crippen LogP contribution in [0, 0.1) is 0 Å². The van der Waals surface area contributed by atoms with Crippen LogP contribution in [0.1, 0.15) is 6.92 Å². The van der Waals surface area contributed by atoms with E-state index in [2.05, 4.69) is 26.5 Å². The van der Waals surface area contributed by atoms with Crippen LogP contribution in [0.4, 0.5) is 0 Å². The summed E-state index contributed by atoms with van der Waals surface area (Å²) in [5.74, 6) is 9.55. The largest absolute Gasteiger partial charge is 0.368 e. The second kappa shape index (κ2) is 3.95. The Kier molecular flexibility index (Phi) is 3.09. The predicted molar refractivity (Wildman–Crippen MR) is 53.4 cm³/mol. The van der Waals surface area contributed by atoms with Crippen LogP contribution < -0.4 is 17.1 Å². The third-order valence-corrected chi connectivity index (χ3v) is 2.85.